The molecule has 0 aromatic heterocycles. The van der Waals surface area contributed by atoms with Crippen LogP contribution in [0.5, 0.6) is 11.5 Å². The molecular weight excluding hydrogens is 236 g/mol. The lowest BCUT2D eigenvalue weighted by Crippen LogP contribution is -2.27. The molecule has 0 saturated heterocycles. The molecular formula is C13H13O5-. The minimum atomic E-state index is -1.50. The highest BCUT2D eigenvalue weighted by molar-refractivity contribution is 6.18. The van der Waals surface area contributed by atoms with Crippen LogP contribution in [0.1, 0.15) is 12.5 Å². The standard InChI is InChI=1S/C13H14O5/c1-8(14)10(13(15)16)6-9-4-5-11(17-2)12(7-9)18-3/h4-7H,1-3H3,(H,15,16)/p-1. The Kier molecular flexibility index (Phi) is 4.48. The maximum absolute atomic E-state index is 11.1. The summed E-state index contributed by atoms with van der Waals surface area (Å²) in [4.78, 5) is 21.9. The Balaban J connectivity index is 3.22. The molecule has 5 nitrogen and oxygen atoms in total. The molecule has 0 aliphatic carbocycles. The Morgan fingerprint density at radius 2 is 1.78 bits per heavy atom. The molecule has 0 atom stereocenters. The fourth-order valence-electron chi connectivity index (χ4n) is 1.41. The van der Waals surface area contributed by atoms with Crippen molar-refractivity contribution in [1.82, 2.24) is 0 Å². The van der Waals surface area contributed by atoms with E-state index in [1.807, 2.05) is 0 Å². The van der Waals surface area contributed by atoms with Crippen molar-refractivity contribution in [2.75, 3.05) is 14.2 Å². The lowest BCUT2D eigenvalue weighted by atomic mass is 10.1. The second-order valence-electron chi connectivity index (χ2n) is 3.52. The summed E-state index contributed by atoms with van der Waals surface area (Å²) >= 11 is 0. The molecule has 1 aromatic rings. The van der Waals surface area contributed by atoms with E-state index in [4.69, 9.17) is 9.47 Å². The third kappa shape index (κ3) is 3.10. The molecule has 0 N–H and O–H groups in total. The zero-order valence-corrected chi connectivity index (χ0v) is 10.4. The molecule has 0 aliphatic heterocycles. The van der Waals surface area contributed by atoms with E-state index in [1.165, 1.54) is 27.2 Å². The largest absolute Gasteiger partial charge is 0.545 e. The number of carbonyl (C=O) groups excluding carboxylic acids is 2. The van der Waals surface area contributed by atoms with E-state index < -0.39 is 11.8 Å². The number of rotatable bonds is 5. The number of aliphatic carboxylic acids is 1. The number of methoxy groups -OCH3 is 2. The molecule has 1 aromatic carbocycles. The maximum Gasteiger partial charge on any atom is 0.161 e. The second-order valence-corrected chi connectivity index (χ2v) is 3.52. The van der Waals surface area contributed by atoms with Gasteiger partial charge in [-0.3, -0.25) is 4.79 Å². The SMILES string of the molecule is COc1ccc(C=C(C(C)=O)C(=O)[O-])cc1OC. The van der Waals surface area contributed by atoms with Gasteiger partial charge in [-0.05, 0) is 30.7 Å². The van der Waals surface area contributed by atoms with Crippen molar-refractivity contribution in [2.45, 2.75) is 6.92 Å². The third-order valence-electron chi connectivity index (χ3n) is 2.32. The van der Waals surface area contributed by atoms with Gasteiger partial charge in [-0.2, -0.15) is 0 Å². The fourth-order valence-corrected chi connectivity index (χ4v) is 1.41. The molecule has 0 fully saturated rings. The van der Waals surface area contributed by atoms with Crippen molar-refractivity contribution in [3.63, 3.8) is 0 Å². The Bertz CT molecular complexity index is 486. The van der Waals surface area contributed by atoms with E-state index in [-0.39, 0.29) is 5.57 Å². The van der Waals surface area contributed by atoms with Crippen molar-refractivity contribution >= 4 is 17.8 Å². The normalized spacial score (nSPS) is 10.9. The van der Waals surface area contributed by atoms with Crippen molar-refractivity contribution in [2.24, 2.45) is 0 Å². The van der Waals surface area contributed by atoms with Crippen LogP contribution in [-0.4, -0.2) is 26.0 Å². The first-order chi connectivity index (χ1) is 8.49. The first-order valence-corrected chi connectivity index (χ1v) is 5.15. The van der Waals surface area contributed by atoms with Gasteiger partial charge in [0.2, 0.25) is 0 Å². The maximum atomic E-state index is 11.1. The van der Waals surface area contributed by atoms with Gasteiger partial charge in [0.25, 0.3) is 0 Å². The number of carbonyl (C=O) groups is 2. The smallest absolute Gasteiger partial charge is 0.161 e. The van der Waals surface area contributed by atoms with E-state index in [1.54, 1.807) is 18.2 Å². The van der Waals surface area contributed by atoms with Crippen LogP contribution in [-0.2, 0) is 9.59 Å². The molecule has 0 amide bonds. The Labute approximate surface area is 105 Å². The monoisotopic (exact) mass is 249 g/mol. The molecule has 18 heavy (non-hydrogen) atoms. The summed E-state index contributed by atoms with van der Waals surface area (Å²) in [7, 11) is 2.96. The fraction of sp³-hybridized carbons (Fsp3) is 0.231. The first-order valence-electron chi connectivity index (χ1n) is 5.15. The number of hydrogen-bond donors (Lipinski definition) is 0. The predicted molar refractivity (Wildman–Crippen MR) is 63.2 cm³/mol. The van der Waals surface area contributed by atoms with Crippen LogP contribution in [0.15, 0.2) is 23.8 Å². The van der Waals surface area contributed by atoms with Crippen LogP contribution in [0.2, 0.25) is 0 Å². The number of carboxylic acids is 1. The van der Waals surface area contributed by atoms with Crippen molar-refractivity contribution in [3.8, 4) is 11.5 Å². The topological polar surface area (TPSA) is 75.7 Å². The quantitative estimate of drug-likeness (QED) is 0.429. The highest BCUT2D eigenvalue weighted by Gasteiger charge is 2.07. The van der Waals surface area contributed by atoms with Crippen LogP contribution >= 0.6 is 0 Å². The molecule has 0 saturated carbocycles. The summed E-state index contributed by atoms with van der Waals surface area (Å²) in [5.41, 5.74) is 0.129. The zero-order chi connectivity index (χ0) is 13.7. The molecule has 0 bridgehead atoms. The van der Waals surface area contributed by atoms with E-state index >= 15 is 0 Å². The Morgan fingerprint density at radius 3 is 2.22 bits per heavy atom. The number of benzene rings is 1. The van der Waals surface area contributed by atoms with Gasteiger partial charge < -0.3 is 19.4 Å². The Morgan fingerprint density at radius 1 is 1.17 bits per heavy atom. The number of carboxylic acid groups (broad SMARTS) is 1. The minimum absolute atomic E-state index is 0.387. The van der Waals surface area contributed by atoms with Crippen LogP contribution in [0.4, 0.5) is 0 Å². The van der Waals surface area contributed by atoms with Gasteiger partial charge in [-0.1, -0.05) is 6.07 Å². The van der Waals surface area contributed by atoms with Gasteiger partial charge in [0.15, 0.2) is 17.3 Å². The lowest BCUT2D eigenvalue weighted by molar-refractivity contribution is -0.298. The molecule has 0 radical (unpaired) electrons. The average molecular weight is 249 g/mol. The number of ether oxygens (including phenoxy) is 2. The highest BCUT2D eigenvalue weighted by atomic mass is 16.5. The van der Waals surface area contributed by atoms with Crippen molar-refractivity contribution < 1.29 is 24.2 Å². The summed E-state index contributed by atoms with van der Waals surface area (Å²) in [6, 6.07) is 4.82. The highest BCUT2D eigenvalue weighted by Crippen LogP contribution is 2.28. The molecule has 96 valence electrons. The number of ketones is 1. The molecule has 0 spiro atoms. The zero-order valence-electron chi connectivity index (χ0n) is 10.4. The van der Waals surface area contributed by atoms with Crippen LogP contribution in [0, 0.1) is 0 Å². The number of Topliss-reactive ketones (excluding diaryl/α,β-unsaturated/α-hetero) is 1. The van der Waals surface area contributed by atoms with E-state index in [0.717, 1.165) is 0 Å². The lowest BCUT2D eigenvalue weighted by Gasteiger charge is -2.09. The minimum Gasteiger partial charge on any atom is -0.545 e. The summed E-state index contributed by atoms with van der Waals surface area (Å²) in [6.45, 7) is 1.17. The Hall–Kier alpha value is -2.30. The average Bonchev–Trinajstić information content (AvgIpc) is 2.34. The molecule has 0 aliphatic rings. The first kappa shape index (κ1) is 13.8. The molecule has 1 rings (SSSR count). The van der Waals surface area contributed by atoms with Gasteiger partial charge in [0.05, 0.1) is 20.2 Å². The van der Waals surface area contributed by atoms with Crippen molar-refractivity contribution in [3.05, 3.63) is 29.3 Å². The van der Waals surface area contributed by atoms with Crippen LogP contribution in [0.3, 0.4) is 0 Å². The van der Waals surface area contributed by atoms with Gasteiger partial charge >= 0.3 is 0 Å². The molecule has 0 unspecified atom stereocenters. The summed E-state index contributed by atoms with van der Waals surface area (Å²) < 4.78 is 10.1. The predicted octanol–water partition coefficient (Wildman–Crippen LogP) is 0.426. The van der Waals surface area contributed by atoms with Crippen LogP contribution < -0.4 is 14.6 Å². The second kappa shape index (κ2) is 5.86. The van der Waals surface area contributed by atoms with Crippen molar-refractivity contribution in [1.29, 1.82) is 0 Å². The molecule has 0 heterocycles. The van der Waals surface area contributed by atoms with Gasteiger partial charge in [-0.15, -0.1) is 0 Å². The van der Waals surface area contributed by atoms with E-state index in [0.29, 0.717) is 17.1 Å². The number of hydrogen-bond acceptors (Lipinski definition) is 5. The van der Waals surface area contributed by atoms with Gasteiger partial charge in [-0.25, -0.2) is 0 Å². The van der Waals surface area contributed by atoms with E-state index in [9.17, 15) is 14.7 Å². The van der Waals surface area contributed by atoms with Gasteiger partial charge in [0.1, 0.15) is 0 Å². The summed E-state index contributed by atoms with van der Waals surface area (Å²) in [5, 5.41) is 10.8. The van der Waals surface area contributed by atoms with E-state index in [2.05, 4.69) is 0 Å². The molecule has 5 heteroatoms. The summed E-state index contributed by atoms with van der Waals surface area (Å²) in [5.74, 6) is -1.10. The third-order valence-corrected chi connectivity index (χ3v) is 2.32. The van der Waals surface area contributed by atoms with Crippen LogP contribution in [0.25, 0.3) is 6.08 Å². The van der Waals surface area contributed by atoms with Gasteiger partial charge in [0, 0.05) is 5.57 Å². The summed E-state index contributed by atoms with van der Waals surface area (Å²) in [6.07, 6.45) is 1.24.